The van der Waals surface area contributed by atoms with Crippen molar-refractivity contribution in [3.63, 3.8) is 0 Å². The number of halogens is 4. The molecule has 1 heterocycles. The summed E-state index contributed by atoms with van der Waals surface area (Å²) in [6.07, 6.45) is 6.64. The maximum absolute atomic E-state index is 15.0. The topological polar surface area (TPSA) is 18.5 Å². The lowest BCUT2D eigenvalue weighted by atomic mass is 9.94. The van der Waals surface area contributed by atoms with Crippen LogP contribution in [0.15, 0.2) is 61.2 Å². The van der Waals surface area contributed by atoms with E-state index in [2.05, 4.69) is 13.5 Å². The van der Waals surface area contributed by atoms with Crippen molar-refractivity contribution >= 4 is 0 Å². The van der Waals surface area contributed by atoms with Gasteiger partial charge >= 0.3 is 0 Å². The van der Waals surface area contributed by atoms with Gasteiger partial charge in [-0.1, -0.05) is 87.7 Å². The molecular weight excluding hydrogens is 480 g/mol. The Labute approximate surface area is 215 Å². The summed E-state index contributed by atoms with van der Waals surface area (Å²) in [6.45, 7) is 6.12. The molecule has 0 amide bonds. The predicted molar refractivity (Wildman–Crippen MR) is 138 cm³/mol. The summed E-state index contributed by atoms with van der Waals surface area (Å²) in [7, 11) is 0. The Bertz CT molecular complexity index is 1210. The molecule has 0 saturated carbocycles. The molecule has 6 heteroatoms. The molecule has 0 aliphatic carbocycles. The van der Waals surface area contributed by atoms with Crippen LogP contribution in [0.5, 0.6) is 0 Å². The van der Waals surface area contributed by atoms with E-state index in [0.29, 0.717) is 23.1 Å². The van der Waals surface area contributed by atoms with Crippen LogP contribution in [0.25, 0.3) is 22.3 Å². The first-order valence-corrected chi connectivity index (χ1v) is 12.9. The van der Waals surface area contributed by atoms with Crippen LogP contribution in [0.2, 0.25) is 0 Å². The molecule has 1 aliphatic rings. The Morgan fingerprint density at radius 1 is 0.730 bits per heavy atom. The van der Waals surface area contributed by atoms with Crippen molar-refractivity contribution in [2.75, 3.05) is 13.2 Å². The molecule has 1 saturated heterocycles. The van der Waals surface area contributed by atoms with E-state index in [-0.39, 0.29) is 29.9 Å². The van der Waals surface area contributed by atoms with Crippen LogP contribution < -0.4 is 0 Å². The van der Waals surface area contributed by atoms with Gasteiger partial charge in [-0.25, -0.2) is 17.6 Å². The van der Waals surface area contributed by atoms with Gasteiger partial charge in [-0.3, -0.25) is 0 Å². The van der Waals surface area contributed by atoms with E-state index in [0.717, 1.165) is 32.1 Å². The van der Waals surface area contributed by atoms with Crippen molar-refractivity contribution in [2.45, 2.75) is 57.7 Å². The van der Waals surface area contributed by atoms with Crippen molar-refractivity contribution in [3.8, 4) is 22.3 Å². The fourth-order valence-corrected chi connectivity index (χ4v) is 4.69. The Morgan fingerprint density at radius 3 is 1.89 bits per heavy atom. The van der Waals surface area contributed by atoms with Gasteiger partial charge in [0.25, 0.3) is 0 Å². The van der Waals surface area contributed by atoms with Crippen molar-refractivity contribution in [1.29, 1.82) is 0 Å². The Morgan fingerprint density at radius 2 is 1.30 bits per heavy atom. The minimum Gasteiger partial charge on any atom is -0.348 e. The van der Waals surface area contributed by atoms with Gasteiger partial charge in [-0.2, -0.15) is 0 Å². The molecule has 0 atom stereocenters. The van der Waals surface area contributed by atoms with Crippen LogP contribution >= 0.6 is 0 Å². The van der Waals surface area contributed by atoms with Crippen LogP contribution in [0.1, 0.15) is 56.1 Å². The molecule has 196 valence electrons. The first-order chi connectivity index (χ1) is 17.9. The van der Waals surface area contributed by atoms with Crippen LogP contribution in [0.3, 0.4) is 0 Å². The average molecular weight is 513 g/mol. The zero-order chi connectivity index (χ0) is 26.4. The lowest BCUT2D eigenvalue weighted by Gasteiger charge is -2.28. The largest absolute Gasteiger partial charge is 0.348 e. The second kappa shape index (κ2) is 12.5. The summed E-state index contributed by atoms with van der Waals surface area (Å²) in [5.41, 5.74) is 1.67. The Kier molecular flexibility index (Phi) is 9.17. The third kappa shape index (κ3) is 6.13. The van der Waals surface area contributed by atoms with Gasteiger partial charge in [0.15, 0.2) is 29.6 Å². The van der Waals surface area contributed by atoms with Crippen LogP contribution in [-0.2, 0) is 15.9 Å². The Balaban J connectivity index is 1.49. The summed E-state index contributed by atoms with van der Waals surface area (Å²) >= 11 is 0. The molecule has 1 aliphatic heterocycles. The average Bonchev–Trinajstić information content (AvgIpc) is 2.93. The molecule has 0 bridgehead atoms. The monoisotopic (exact) mass is 512 g/mol. The van der Waals surface area contributed by atoms with E-state index >= 15 is 4.39 Å². The summed E-state index contributed by atoms with van der Waals surface area (Å²) < 4.78 is 70.4. The van der Waals surface area contributed by atoms with Crippen molar-refractivity contribution < 1.29 is 27.0 Å². The van der Waals surface area contributed by atoms with Gasteiger partial charge in [0, 0.05) is 17.0 Å². The van der Waals surface area contributed by atoms with Gasteiger partial charge in [-0.15, -0.1) is 0 Å². The number of unbranched alkanes of at least 4 members (excludes halogenated alkanes) is 4. The predicted octanol–water partition coefficient (Wildman–Crippen LogP) is 8.73. The maximum Gasteiger partial charge on any atom is 0.176 e. The summed E-state index contributed by atoms with van der Waals surface area (Å²) in [6, 6.07) is 12.6. The maximum atomic E-state index is 15.0. The molecular formula is C31H32F4O2. The van der Waals surface area contributed by atoms with E-state index in [9.17, 15) is 13.2 Å². The number of benzene rings is 3. The first kappa shape index (κ1) is 27.1. The highest BCUT2D eigenvalue weighted by Crippen LogP contribution is 2.34. The molecule has 4 rings (SSSR count). The van der Waals surface area contributed by atoms with E-state index in [4.69, 9.17) is 9.47 Å². The van der Waals surface area contributed by atoms with Crippen LogP contribution in [0.4, 0.5) is 17.6 Å². The van der Waals surface area contributed by atoms with Gasteiger partial charge < -0.3 is 9.47 Å². The lowest BCUT2D eigenvalue weighted by molar-refractivity contribution is -0.159. The van der Waals surface area contributed by atoms with E-state index in [1.165, 1.54) is 18.2 Å². The molecule has 0 aromatic heterocycles. The first-order valence-electron chi connectivity index (χ1n) is 12.9. The normalized spacial score (nSPS) is 17.6. The van der Waals surface area contributed by atoms with E-state index in [1.807, 2.05) is 0 Å². The smallest absolute Gasteiger partial charge is 0.176 e. The third-order valence-electron chi connectivity index (χ3n) is 6.89. The summed E-state index contributed by atoms with van der Waals surface area (Å²) in [5, 5.41) is 0. The number of hydrogen-bond acceptors (Lipinski definition) is 2. The molecule has 0 unspecified atom stereocenters. The van der Waals surface area contributed by atoms with Gasteiger partial charge in [0.1, 0.15) is 0 Å². The minimum atomic E-state index is -0.975. The second-order valence-electron chi connectivity index (χ2n) is 9.44. The zero-order valence-electron chi connectivity index (χ0n) is 21.0. The van der Waals surface area contributed by atoms with Crippen molar-refractivity contribution in [2.24, 2.45) is 0 Å². The van der Waals surface area contributed by atoms with Gasteiger partial charge in [0.2, 0.25) is 0 Å². The van der Waals surface area contributed by atoms with Crippen LogP contribution in [-0.4, -0.2) is 19.5 Å². The van der Waals surface area contributed by atoms with Crippen molar-refractivity contribution in [1.82, 2.24) is 0 Å². The SMILES string of the molecule is C=CC1OCC(c2ccc(-c3ccc(-c4ccc(CCCCCCC)c(F)c4F)cc3)c(F)c2F)CO1. The van der Waals surface area contributed by atoms with Gasteiger partial charge in [0.05, 0.1) is 13.2 Å². The fraction of sp³-hybridized carbons (Fsp3) is 0.355. The van der Waals surface area contributed by atoms with E-state index in [1.54, 1.807) is 36.4 Å². The summed E-state index contributed by atoms with van der Waals surface area (Å²) in [5.74, 6) is -4.07. The quantitative estimate of drug-likeness (QED) is 0.154. The number of ether oxygens (including phenoxy) is 2. The zero-order valence-corrected chi connectivity index (χ0v) is 21.0. The highest BCUT2D eigenvalue weighted by molar-refractivity contribution is 5.71. The lowest BCUT2D eigenvalue weighted by Crippen LogP contribution is -2.30. The fourth-order valence-electron chi connectivity index (χ4n) is 4.69. The molecule has 0 N–H and O–H groups in total. The molecule has 3 aromatic rings. The number of hydrogen-bond donors (Lipinski definition) is 0. The molecule has 2 nitrogen and oxygen atoms in total. The third-order valence-corrected chi connectivity index (χ3v) is 6.89. The van der Waals surface area contributed by atoms with E-state index < -0.39 is 35.5 Å². The van der Waals surface area contributed by atoms with Gasteiger partial charge in [-0.05, 0) is 41.2 Å². The molecule has 0 radical (unpaired) electrons. The summed E-state index contributed by atoms with van der Waals surface area (Å²) in [4.78, 5) is 0. The molecule has 3 aromatic carbocycles. The number of rotatable bonds is 10. The minimum absolute atomic E-state index is 0.0829. The second-order valence-corrected chi connectivity index (χ2v) is 9.44. The van der Waals surface area contributed by atoms with Crippen LogP contribution in [0, 0.1) is 23.3 Å². The number of aryl methyl sites for hydroxylation is 1. The van der Waals surface area contributed by atoms with Crippen molar-refractivity contribution in [3.05, 3.63) is 95.6 Å². The standard InChI is InChI=1S/C31H32F4O2/c1-3-5-6-7-8-9-22-14-15-24(29(33)28(22)32)20-10-12-21(13-11-20)25-16-17-26(31(35)30(25)34)23-18-36-27(4-2)37-19-23/h4,10-17,23,27H,2-3,5-9,18-19H2,1H3. The highest BCUT2D eigenvalue weighted by Gasteiger charge is 2.26. The molecule has 37 heavy (non-hydrogen) atoms. The molecule has 1 fully saturated rings. The molecule has 0 spiro atoms. The highest BCUT2D eigenvalue weighted by atomic mass is 19.2. The Hall–Kier alpha value is -2.96.